The third-order valence-corrected chi connectivity index (χ3v) is 5.00. The fourth-order valence-electron chi connectivity index (χ4n) is 3.66. The minimum Gasteiger partial charge on any atom is -0.451 e. The second kappa shape index (κ2) is 7.14. The predicted molar refractivity (Wildman–Crippen MR) is 91.7 cm³/mol. The van der Waals surface area contributed by atoms with E-state index in [2.05, 4.69) is 10.2 Å². The number of piperidine rings is 3. The highest BCUT2D eigenvalue weighted by Gasteiger charge is 2.35. The van der Waals surface area contributed by atoms with Gasteiger partial charge < -0.3 is 14.6 Å². The number of amides is 1. The van der Waals surface area contributed by atoms with Crippen LogP contribution >= 0.6 is 12.4 Å². The topological polar surface area (TPSA) is 45.5 Å². The third kappa shape index (κ3) is 3.55. The first-order valence-electron chi connectivity index (χ1n) is 8.18. The van der Waals surface area contributed by atoms with Gasteiger partial charge in [-0.05, 0) is 62.2 Å². The summed E-state index contributed by atoms with van der Waals surface area (Å²) in [6.07, 6.45) is 2.20. The van der Waals surface area contributed by atoms with Crippen LogP contribution in [0.5, 0.6) is 0 Å². The van der Waals surface area contributed by atoms with Gasteiger partial charge in [-0.2, -0.15) is 0 Å². The van der Waals surface area contributed by atoms with E-state index in [1.54, 1.807) is 0 Å². The molecular weight excluding hydrogens is 350 g/mol. The molecule has 1 N–H and O–H groups in total. The molecule has 2 aromatic rings. The third-order valence-electron chi connectivity index (χ3n) is 5.00. The Hall–Kier alpha value is -1.92. The summed E-state index contributed by atoms with van der Waals surface area (Å²) in [4.78, 5) is 14.7. The van der Waals surface area contributed by atoms with E-state index in [0.29, 0.717) is 5.92 Å². The zero-order chi connectivity index (χ0) is 16.7. The van der Waals surface area contributed by atoms with Crippen LogP contribution in [0.25, 0.3) is 11.3 Å². The molecule has 1 amide bonds. The molecule has 0 saturated carbocycles. The van der Waals surface area contributed by atoms with Crippen LogP contribution < -0.4 is 5.32 Å². The molecule has 0 aliphatic carbocycles. The molecule has 1 aromatic carbocycles. The lowest BCUT2D eigenvalue weighted by Gasteiger charge is -2.44. The first-order chi connectivity index (χ1) is 11.6. The maximum Gasteiger partial charge on any atom is 0.287 e. The highest BCUT2D eigenvalue weighted by Crippen LogP contribution is 2.29. The van der Waals surface area contributed by atoms with Crippen molar-refractivity contribution in [2.24, 2.45) is 5.92 Å². The molecule has 0 spiro atoms. The van der Waals surface area contributed by atoms with Gasteiger partial charge in [-0.25, -0.2) is 8.78 Å². The van der Waals surface area contributed by atoms with Crippen LogP contribution in [0.3, 0.4) is 0 Å². The van der Waals surface area contributed by atoms with Crippen LogP contribution in [-0.4, -0.2) is 36.5 Å². The van der Waals surface area contributed by atoms with E-state index in [9.17, 15) is 13.6 Å². The molecule has 0 unspecified atom stereocenters. The van der Waals surface area contributed by atoms with Crippen LogP contribution in [-0.2, 0) is 0 Å². The Morgan fingerprint density at radius 2 is 1.92 bits per heavy atom. The van der Waals surface area contributed by atoms with Crippen molar-refractivity contribution >= 4 is 18.3 Å². The van der Waals surface area contributed by atoms with Crippen molar-refractivity contribution in [1.82, 2.24) is 10.2 Å². The maximum absolute atomic E-state index is 13.8. The summed E-state index contributed by atoms with van der Waals surface area (Å²) >= 11 is 0. The molecule has 7 heteroatoms. The molecular formula is C18H19ClF2N2O2. The van der Waals surface area contributed by atoms with Gasteiger partial charge in [0.2, 0.25) is 0 Å². The van der Waals surface area contributed by atoms with Crippen LogP contribution in [0.2, 0.25) is 0 Å². The molecule has 1 atom stereocenters. The lowest BCUT2D eigenvalue weighted by atomic mass is 9.84. The number of nitrogens with zero attached hydrogens (tertiary/aromatic N) is 1. The number of hydrogen-bond acceptors (Lipinski definition) is 3. The average Bonchev–Trinajstić information content (AvgIpc) is 3.08. The van der Waals surface area contributed by atoms with Gasteiger partial charge in [-0.1, -0.05) is 0 Å². The Balaban J connectivity index is 0.00000182. The van der Waals surface area contributed by atoms with E-state index in [4.69, 9.17) is 4.42 Å². The molecule has 3 aliphatic heterocycles. The quantitative estimate of drug-likeness (QED) is 0.902. The SMILES string of the molecule is Cl.O=C(N[C@H]1CN2CCC1CC2)c1ccc(-c2cc(F)ccc2F)o1. The summed E-state index contributed by atoms with van der Waals surface area (Å²) in [6.45, 7) is 3.06. The van der Waals surface area contributed by atoms with Crippen molar-refractivity contribution in [2.75, 3.05) is 19.6 Å². The minimum absolute atomic E-state index is 0. The molecule has 3 aliphatic rings. The fourth-order valence-corrected chi connectivity index (χ4v) is 3.66. The number of carbonyl (C=O) groups excluding carboxylic acids is 1. The molecule has 4 nitrogen and oxygen atoms in total. The molecule has 134 valence electrons. The number of halogens is 3. The number of rotatable bonds is 3. The van der Waals surface area contributed by atoms with Gasteiger partial charge in [0.25, 0.3) is 5.91 Å². The summed E-state index contributed by atoms with van der Waals surface area (Å²) in [5.74, 6) is -0.682. The van der Waals surface area contributed by atoms with Gasteiger partial charge in [0.05, 0.1) is 5.56 Å². The van der Waals surface area contributed by atoms with E-state index in [1.165, 1.54) is 12.1 Å². The zero-order valence-corrected chi connectivity index (χ0v) is 14.3. The number of fused-ring (bicyclic) bond motifs is 3. The number of nitrogens with one attached hydrogen (secondary N) is 1. The van der Waals surface area contributed by atoms with Crippen molar-refractivity contribution in [3.8, 4) is 11.3 Å². The smallest absolute Gasteiger partial charge is 0.287 e. The first-order valence-corrected chi connectivity index (χ1v) is 8.18. The highest BCUT2D eigenvalue weighted by atomic mass is 35.5. The lowest BCUT2D eigenvalue weighted by molar-refractivity contribution is 0.0606. The number of carbonyl (C=O) groups is 1. The number of benzene rings is 1. The largest absolute Gasteiger partial charge is 0.451 e. The summed E-state index contributed by atoms with van der Waals surface area (Å²) in [7, 11) is 0. The van der Waals surface area contributed by atoms with Gasteiger partial charge in [-0.15, -0.1) is 12.4 Å². The Labute approximate surface area is 150 Å². The molecule has 3 saturated heterocycles. The van der Waals surface area contributed by atoms with Crippen LogP contribution in [0, 0.1) is 17.6 Å². The lowest BCUT2D eigenvalue weighted by Crippen LogP contribution is -2.57. The van der Waals surface area contributed by atoms with Crippen LogP contribution in [0.15, 0.2) is 34.7 Å². The van der Waals surface area contributed by atoms with E-state index in [1.807, 2.05) is 0 Å². The van der Waals surface area contributed by atoms with E-state index in [0.717, 1.165) is 50.7 Å². The summed E-state index contributed by atoms with van der Waals surface area (Å²) in [5.41, 5.74) is 0.0110. The monoisotopic (exact) mass is 368 g/mol. The normalized spacial score (nSPS) is 24.6. The molecule has 25 heavy (non-hydrogen) atoms. The molecule has 4 heterocycles. The molecule has 0 radical (unpaired) electrons. The Morgan fingerprint density at radius 1 is 1.16 bits per heavy atom. The van der Waals surface area contributed by atoms with Crippen molar-refractivity contribution in [1.29, 1.82) is 0 Å². The van der Waals surface area contributed by atoms with Gasteiger partial charge in [0.15, 0.2) is 5.76 Å². The van der Waals surface area contributed by atoms with E-state index >= 15 is 0 Å². The Kier molecular flexibility index (Phi) is 5.11. The summed E-state index contributed by atoms with van der Waals surface area (Å²) < 4.78 is 32.6. The van der Waals surface area contributed by atoms with Crippen molar-refractivity contribution < 1.29 is 18.0 Å². The van der Waals surface area contributed by atoms with Crippen LogP contribution in [0.1, 0.15) is 23.4 Å². The van der Waals surface area contributed by atoms with E-state index < -0.39 is 11.6 Å². The second-order valence-corrected chi connectivity index (χ2v) is 6.51. The van der Waals surface area contributed by atoms with Crippen molar-refractivity contribution in [3.05, 3.63) is 47.7 Å². The number of hydrogen-bond donors (Lipinski definition) is 1. The molecule has 2 bridgehead atoms. The van der Waals surface area contributed by atoms with Gasteiger partial charge in [-0.3, -0.25) is 4.79 Å². The van der Waals surface area contributed by atoms with Gasteiger partial charge in [0, 0.05) is 12.6 Å². The van der Waals surface area contributed by atoms with Crippen LogP contribution in [0.4, 0.5) is 8.78 Å². The molecule has 5 rings (SSSR count). The Morgan fingerprint density at radius 3 is 2.60 bits per heavy atom. The molecule has 3 fully saturated rings. The summed E-state index contributed by atoms with van der Waals surface area (Å²) in [5, 5.41) is 3.02. The standard InChI is InChI=1S/C18H18F2N2O2.ClH/c19-12-1-2-14(20)13(9-12)16-3-4-17(24-16)18(23)21-15-10-22-7-5-11(15)6-8-22;/h1-4,9,11,15H,5-8,10H2,(H,21,23);1H/t15-;/m0./s1. The fraction of sp³-hybridized carbons (Fsp3) is 0.389. The highest BCUT2D eigenvalue weighted by molar-refractivity contribution is 5.92. The predicted octanol–water partition coefficient (Wildman–Crippen LogP) is 3.47. The Bertz CT molecular complexity index is 772. The maximum atomic E-state index is 13.8. The average molecular weight is 369 g/mol. The van der Waals surface area contributed by atoms with Gasteiger partial charge in [0.1, 0.15) is 17.4 Å². The van der Waals surface area contributed by atoms with Crippen molar-refractivity contribution in [2.45, 2.75) is 18.9 Å². The zero-order valence-electron chi connectivity index (χ0n) is 13.5. The number of furan rings is 1. The van der Waals surface area contributed by atoms with Gasteiger partial charge >= 0.3 is 0 Å². The van der Waals surface area contributed by atoms with Crippen molar-refractivity contribution in [3.63, 3.8) is 0 Å². The minimum atomic E-state index is -0.588. The van der Waals surface area contributed by atoms with E-state index in [-0.39, 0.29) is 41.4 Å². The molecule has 1 aromatic heterocycles. The first kappa shape index (κ1) is 17.9. The summed E-state index contributed by atoms with van der Waals surface area (Å²) in [6, 6.07) is 6.26. The second-order valence-electron chi connectivity index (χ2n) is 6.51.